The molecular weight excluding hydrogens is 508 g/mol. The van der Waals surface area contributed by atoms with Crippen molar-refractivity contribution >= 4 is 36.3 Å². The van der Waals surface area contributed by atoms with E-state index in [0.29, 0.717) is 12.0 Å². The van der Waals surface area contributed by atoms with Crippen LogP contribution in [0.1, 0.15) is 31.4 Å². The zero-order valence-electron chi connectivity index (χ0n) is 21.5. The van der Waals surface area contributed by atoms with Gasteiger partial charge in [0.15, 0.2) is 0 Å². The SMILES string of the molecule is CCC(C)C(NC(=O)C(Cc1ccc(O)cc1)NC(=O)C(N)CS)C(=O)NC(Cc1ccccc1)C(=O)O. The minimum atomic E-state index is -1.20. The lowest BCUT2D eigenvalue weighted by Crippen LogP contribution is -2.59. The predicted molar refractivity (Wildman–Crippen MR) is 147 cm³/mol. The number of thiol groups is 1. The third-order valence-electron chi connectivity index (χ3n) is 6.23. The van der Waals surface area contributed by atoms with Crippen LogP contribution in [0.2, 0.25) is 0 Å². The maximum absolute atomic E-state index is 13.4. The molecule has 3 amide bonds. The molecule has 0 radical (unpaired) electrons. The molecule has 0 fully saturated rings. The Morgan fingerprint density at radius 1 is 0.842 bits per heavy atom. The molecule has 0 heterocycles. The Labute approximate surface area is 227 Å². The lowest BCUT2D eigenvalue weighted by atomic mass is 9.96. The fraction of sp³-hybridized carbons (Fsp3) is 0.407. The molecule has 10 nitrogen and oxygen atoms in total. The molecule has 2 aromatic rings. The van der Waals surface area contributed by atoms with Gasteiger partial charge in [-0.15, -0.1) is 0 Å². The molecule has 11 heteroatoms. The maximum atomic E-state index is 13.4. The Morgan fingerprint density at radius 3 is 1.95 bits per heavy atom. The van der Waals surface area contributed by atoms with E-state index in [-0.39, 0.29) is 30.3 Å². The number of phenols is 1. The van der Waals surface area contributed by atoms with Crippen LogP contribution in [0.25, 0.3) is 0 Å². The van der Waals surface area contributed by atoms with E-state index >= 15 is 0 Å². The molecule has 0 spiro atoms. The third kappa shape index (κ3) is 9.38. The number of rotatable bonds is 14. The molecular formula is C27H36N4O6S. The molecule has 0 aliphatic rings. The van der Waals surface area contributed by atoms with Crippen LogP contribution < -0.4 is 21.7 Å². The number of carboxylic acids is 1. The van der Waals surface area contributed by atoms with Crippen LogP contribution in [0, 0.1) is 5.92 Å². The van der Waals surface area contributed by atoms with Crippen LogP contribution in [0.4, 0.5) is 0 Å². The highest BCUT2D eigenvalue weighted by Crippen LogP contribution is 2.14. The first-order valence-corrected chi connectivity index (χ1v) is 13.0. The lowest BCUT2D eigenvalue weighted by molar-refractivity contribution is -0.142. The zero-order chi connectivity index (χ0) is 28.2. The normalized spacial score (nSPS) is 14.8. The zero-order valence-corrected chi connectivity index (χ0v) is 22.4. The Morgan fingerprint density at radius 2 is 1.39 bits per heavy atom. The first-order valence-electron chi connectivity index (χ1n) is 12.4. The molecule has 5 atom stereocenters. The van der Waals surface area contributed by atoms with E-state index < -0.39 is 47.9 Å². The monoisotopic (exact) mass is 544 g/mol. The van der Waals surface area contributed by atoms with Gasteiger partial charge in [-0.25, -0.2) is 4.79 Å². The highest BCUT2D eigenvalue weighted by molar-refractivity contribution is 7.80. The highest BCUT2D eigenvalue weighted by atomic mass is 32.1. The summed E-state index contributed by atoms with van der Waals surface area (Å²) in [7, 11) is 0. The molecule has 38 heavy (non-hydrogen) atoms. The van der Waals surface area contributed by atoms with E-state index in [1.165, 1.54) is 12.1 Å². The minimum Gasteiger partial charge on any atom is -0.508 e. The number of carbonyl (C=O) groups is 4. The summed E-state index contributed by atoms with van der Waals surface area (Å²) >= 11 is 4.03. The number of hydrogen-bond acceptors (Lipinski definition) is 7. The van der Waals surface area contributed by atoms with E-state index in [0.717, 1.165) is 5.56 Å². The van der Waals surface area contributed by atoms with Crippen molar-refractivity contribution in [1.29, 1.82) is 0 Å². The van der Waals surface area contributed by atoms with Gasteiger partial charge in [0.1, 0.15) is 23.9 Å². The number of nitrogens with one attached hydrogen (secondary N) is 3. The average Bonchev–Trinajstić information content (AvgIpc) is 2.91. The number of benzene rings is 2. The van der Waals surface area contributed by atoms with Crippen molar-refractivity contribution in [2.45, 2.75) is 57.3 Å². The van der Waals surface area contributed by atoms with E-state index in [9.17, 15) is 29.4 Å². The molecule has 0 aromatic heterocycles. The molecule has 5 unspecified atom stereocenters. The number of aliphatic carboxylic acids is 1. The quantitative estimate of drug-likeness (QED) is 0.174. The van der Waals surface area contributed by atoms with Gasteiger partial charge in [-0.2, -0.15) is 12.6 Å². The fourth-order valence-corrected chi connectivity index (χ4v) is 3.87. The second kappa shape index (κ2) is 15.0. The standard InChI is InChI=1S/C27H36N4O6S/c1-3-16(2)23(26(35)30-22(27(36)37)14-17-7-5-4-6-8-17)31-25(34)21(29-24(33)20(28)15-38)13-18-9-11-19(32)12-10-18/h4-12,16,20-23,32,38H,3,13-15,28H2,1-2H3,(H,29,33)(H,30,35)(H,31,34)(H,36,37). The second-order valence-corrected chi connectivity index (χ2v) is 9.55. The summed E-state index contributed by atoms with van der Waals surface area (Å²) in [6.07, 6.45) is 0.663. The van der Waals surface area contributed by atoms with Crippen molar-refractivity contribution in [3.05, 3.63) is 65.7 Å². The summed E-state index contributed by atoms with van der Waals surface area (Å²) < 4.78 is 0. The predicted octanol–water partition coefficient (Wildman–Crippen LogP) is 1.02. The van der Waals surface area contributed by atoms with Crippen LogP contribution in [0.3, 0.4) is 0 Å². The molecule has 2 rings (SSSR count). The van der Waals surface area contributed by atoms with Gasteiger partial charge in [-0.3, -0.25) is 14.4 Å². The van der Waals surface area contributed by atoms with Gasteiger partial charge in [-0.05, 0) is 29.2 Å². The highest BCUT2D eigenvalue weighted by Gasteiger charge is 2.33. The van der Waals surface area contributed by atoms with Gasteiger partial charge in [0.2, 0.25) is 17.7 Å². The minimum absolute atomic E-state index is 0.0490. The first-order chi connectivity index (χ1) is 18.0. The number of phenolic OH excluding ortho intramolecular Hbond substituents is 1. The molecule has 0 saturated heterocycles. The molecule has 0 saturated carbocycles. The Balaban J connectivity index is 2.23. The molecule has 206 valence electrons. The van der Waals surface area contributed by atoms with Gasteiger partial charge in [0.05, 0.1) is 6.04 Å². The van der Waals surface area contributed by atoms with Crippen molar-refractivity contribution in [1.82, 2.24) is 16.0 Å². The smallest absolute Gasteiger partial charge is 0.326 e. The molecule has 0 aliphatic heterocycles. The number of carbonyl (C=O) groups excluding carboxylic acids is 3. The number of hydrogen-bond donors (Lipinski definition) is 7. The van der Waals surface area contributed by atoms with E-state index in [2.05, 4.69) is 28.6 Å². The summed E-state index contributed by atoms with van der Waals surface area (Å²) in [6, 6.07) is 10.7. The van der Waals surface area contributed by atoms with E-state index in [1.807, 2.05) is 13.0 Å². The Kier molecular flexibility index (Phi) is 12.1. The Hall–Kier alpha value is -3.57. The van der Waals surface area contributed by atoms with Gasteiger partial charge < -0.3 is 31.9 Å². The van der Waals surface area contributed by atoms with Crippen molar-refractivity contribution < 1.29 is 29.4 Å². The second-order valence-electron chi connectivity index (χ2n) is 9.18. The van der Waals surface area contributed by atoms with Crippen molar-refractivity contribution in [2.75, 3.05) is 5.75 Å². The number of amides is 3. The topological polar surface area (TPSA) is 171 Å². The van der Waals surface area contributed by atoms with Gasteiger partial charge in [-0.1, -0.05) is 62.7 Å². The fourth-order valence-electron chi connectivity index (χ4n) is 3.71. The van der Waals surface area contributed by atoms with Crippen molar-refractivity contribution in [2.24, 2.45) is 11.7 Å². The summed E-state index contributed by atoms with van der Waals surface area (Å²) in [5, 5.41) is 27.1. The number of aromatic hydroxyl groups is 1. The summed E-state index contributed by atoms with van der Waals surface area (Å²) in [5.74, 6) is -3.28. The van der Waals surface area contributed by atoms with E-state index in [1.54, 1.807) is 43.3 Å². The largest absolute Gasteiger partial charge is 0.508 e. The summed E-state index contributed by atoms with van der Waals surface area (Å²) in [5.41, 5.74) is 7.16. The van der Waals surface area contributed by atoms with Crippen molar-refractivity contribution in [3.63, 3.8) is 0 Å². The van der Waals surface area contributed by atoms with Crippen LogP contribution in [-0.4, -0.2) is 63.8 Å². The van der Waals surface area contributed by atoms with Crippen LogP contribution in [-0.2, 0) is 32.0 Å². The summed E-state index contributed by atoms with van der Waals surface area (Å²) in [4.78, 5) is 51.0. The summed E-state index contributed by atoms with van der Waals surface area (Å²) in [6.45, 7) is 3.61. The molecule has 7 N–H and O–H groups in total. The van der Waals surface area contributed by atoms with Gasteiger partial charge in [0.25, 0.3) is 0 Å². The van der Waals surface area contributed by atoms with Gasteiger partial charge >= 0.3 is 5.97 Å². The van der Waals surface area contributed by atoms with Crippen LogP contribution >= 0.6 is 12.6 Å². The number of nitrogens with two attached hydrogens (primary N) is 1. The third-order valence-corrected chi connectivity index (χ3v) is 6.63. The van der Waals surface area contributed by atoms with Crippen LogP contribution in [0.15, 0.2) is 54.6 Å². The van der Waals surface area contributed by atoms with Crippen LogP contribution in [0.5, 0.6) is 5.75 Å². The maximum Gasteiger partial charge on any atom is 0.326 e. The van der Waals surface area contributed by atoms with E-state index in [4.69, 9.17) is 5.73 Å². The average molecular weight is 545 g/mol. The molecule has 0 aliphatic carbocycles. The molecule has 0 bridgehead atoms. The van der Waals surface area contributed by atoms with Crippen molar-refractivity contribution in [3.8, 4) is 5.75 Å². The first kappa shape index (κ1) is 30.7. The van der Waals surface area contributed by atoms with Gasteiger partial charge in [0, 0.05) is 18.6 Å². The number of carboxylic acid groups (broad SMARTS) is 1. The lowest BCUT2D eigenvalue weighted by Gasteiger charge is -2.28. The Bertz CT molecular complexity index is 1080. The molecule has 2 aromatic carbocycles.